The Labute approximate surface area is 199 Å². The van der Waals surface area contributed by atoms with Crippen molar-refractivity contribution in [2.45, 2.75) is 0 Å². The average molecular weight is 475 g/mol. The molecule has 0 saturated carbocycles. The number of hydrogen-bond acceptors (Lipinski definition) is 9. The van der Waals surface area contributed by atoms with Gasteiger partial charge in [-0.2, -0.15) is 0 Å². The lowest BCUT2D eigenvalue weighted by molar-refractivity contribution is -0.110. The molecule has 0 heterocycles. The zero-order valence-electron chi connectivity index (χ0n) is 20.2. The van der Waals surface area contributed by atoms with Gasteiger partial charge < -0.3 is 37.9 Å². The van der Waals surface area contributed by atoms with E-state index < -0.39 is 0 Å². The molecule has 2 rings (SSSR count). The van der Waals surface area contributed by atoms with E-state index in [0.717, 1.165) is 0 Å². The van der Waals surface area contributed by atoms with E-state index in [9.17, 15) is 4.79 Å². The minimum atomic E-state index is -0.227. The fourth-order valence-electron chi connectivity index (χ4n) is 2.93. The number of ether oxygens (including phenoxy) is 8. The van der Waals surface area contributed by atoms with Gasteiger partial charge in [-0.1, -0.05) is 12.2 Å². The van der Waals surface area contributed by atoms with E-state index in [2.05, 4.69) is 0 Å². The van der Waals surface area contributed by atoms with Gasteiger partial charge in [0.1, 0.15) is 0 Å². The predicted molar refractivity (Wildman–Crippen MR) is 127 cm³/mol. The highest BCUT2D eigenvalue weighted by molar-refractivity contribution is 6.04. The molecular weight excluding hydrogens is 444 g/mol. The number of methoxy groups -OCH3 is 6. The molecule has 0 bridgehead atoms. The predicted octanol–water partition coefficient (Wildman–Crippen LogP) is 3.98. The highest BCUT2D eigenvalue weighted by Crippen LogP contribution is 2.40. The van der Waals surface area contributed by atoms with Crippen LogP contribution < -0.4 is 28.4 Å². The first-order valence-electron chi connectivity index (χ1n) is 10.2. The maximum absolute atomic E-state index is 12.4. The molecule has 0 aliphatic rings. The van der Waals surface area contributed by atoms with E-state index in [-0.39, 0.29) is 19.4 Å². The van der Waals surface area contributed by atoms with Crippen LogP contribution in [0.25, 0.3) is 12.2 Å². The summed E-state index contributed by atoms with van der Waals surface area (Å²) in [6.07, 6.45) is 6.18. The minimum absolute atomic E-state index is 0.0419. The molecule has 0 unspecified atom stereocenters. The Balaban J connectivity index is 2.22. The fraction of sp³-hybridized carbons (Fsp3) is 0.320. The van der Waals surface area contributed by atoms with Crippen LogP contribution in [0.5, 0.6) is 34.5 Å². The van der Waals surface area contributed by atoms with Gasteiger partial charge in [0.15, 0.2) is 42.4 Å². The molecule has 184 valence electrons. The molecule has 2 aromatic carbocycles. The maximum Gasteiger partial charge on any atom is 0.206 e. The summed E-state index contributed by atoms with van der Waals surface area (Å²) in [5, 5.41) is 0. The Morgan fingerprint density at radius 3 is 1.21 bits per heavy atom. The third-order valence-corrected chi connectivity index (χ3v) is 4.49. The standard InChI is InChI=1S/C25H30O9/c1-27-15-33-24-20(29-3)11-17(12-21(24)30-4)7-9-19(26)10-8-18-13-22(31-5)25(34-16-28-2)23(14-18)32-6/h7-14H,15-16H2,1-6H3/b9-7+,10-8+. The molecule has 2 aromatic rings. The van der Waals surface area contributed by atoms with E-state index in [1.807, 2.05) is 0 Å². The van der Waals surface area contributed by atoms with Gasteiger partial charge in [0.05, 0.1) is 28.4 Å². The summed E-state index contributed by atoms with van der Waals surface area (Å²) >= 11 is 0. The summed E-state index contributed by atoms with van der Waals surface area (Å²) < 4.78 is 42.5. The van der Waals surface area contributed by atoms with Gasteiger partial charge in [0.25, 0.3) is 0 Å². The lowest BCUT2D eigenvalue weighted by Crippen LogP contribution is -2.03. The second-order valence-electron chi connectivity index (χ2n) is 6.68. The van der Waals surface area contributed by atoms with Crippen molar-refractivity contribution >= 4 is 17.9 Å². The Morgan fingerprint density at radius 2 is 0.941 bits per heavy atom. The summed E-state index contributed by atoms with van der Waals surface area (Å²) in [4.78, 5) is 12.4. The van der Waals surface area contributed by atoms with Crippen molar-refractivity contribution in [3.8, 4) is 34.5 Å². The lowest BCUT2D eigenvalue weighted by Gasteiger charge is -2.14. The quantitative estimate of drug-likeness (QED) is 0.298. The van der Waals surface area contributed by atoms with Crippen LogP contribution in [-0.2, 0) is 14.3 Å². The van der Waals surface area contributed by atoms with E-state index in [4.69, 9.17) is 37.9 Å². The first-order chi connectivity index (χ1) is 16.5. The number of ketones is 1. The second kappa shape index (κ2) is 13.8. The number of allylic oxidation sites excluding steroid dienone is 2. The summed E-state index contributed by atoms with van der Waals surface area (Å²) in [6, 6.07) is 6.93. The molecule has 9 nitrogen and oxygen atoms in total. The van der Waals surface area contributed by atoms with Crippen molar-refractivity contribution in [3.63, 3.8) is 0 Å². The summed E-state index contributed by atoms with van der Waals surface area (Å²) in [5.74, 6) is 2.41. The van der Waals surface area contributed by atoms with Crippen LogP contribution >= 0.6 is 0 Å². The number of benzene rings is 2. The third kappa shape index (κ3) is 7.16. The molecule has 34 heavy (non-hydrogen) atoms. The molecular formula is C25H30O9. The summed E-state index contributed by atoms with van der Waals surface area (Å²) in [6.45, 7) is 0.0838. The van der Waals surface area contributed by atoms with Crippen molar-refractivity contribution in [2.75, 3.05) is 56.2 Å². The van der Waals surface area contributed by atoms with Gasteiger partial charge in [-0.25, -0.2) is 0 Å². The van der Waals surface area contributed by atoms with Crippen LogP contribution in [0, 0.1) is 0 Å². The van der Waals surface area contributed by atoms with Gasteiger partial charge >= 0.3 is 0 Å². The Bertz CT molecular complexity index is 882. The van der Waals surface area contributed by atoms with Crippen LogP contribution in [0.4, 0.5) is 0 Å². The van der Waals surface area contributed by atoms with Crippen LogP contribution in [-0.4, -0.2) is 62.0 Å². The number of carbonyl (C=O) groups is 1. The van der Waals surface area contributed by atoms with Crippen molar-refractivity contribution in [1.82, 2.24) is 0 Å². The van der Waals surface area contributed by atoms with Crippen LogP contribution in [0.2, 0.25) is 0 Å². The Hall–Kier alpha value is -3.69. The first-order valence-corrected chi connectivity index (χ1v) is 10.2. The molecule has 9 heteroatoms. The normalized spacial score (nSPS) is 11.0. The van der Waals surface area contributed by atoms with Gasteiger partial charge in [0, 0.05) is 14.2 Å². The zero-order valence-corrected chi connectivity index (χ0v) is 20.2. The Kier molecular flexibility index (Phi) is 10.8. The van der Waals surface area contributed by atoms with Gasteiger partial charge in [-0.3, -0.25) is 4.79 Å². The highest BCUT2D eigenvalue weighted by atomic mass is 16.7. The molecule has 0 amide bonds. The zero-order chi connectivity index (χ0) is 24.9. The topological polar surface area (TPSA) is 90.9 Å². The molecule has 0 fully saturated rings. The van der Waals surface area contributed by atoms with E-state index >= 15 is 0 Å². The van der Waals surface area contributed by atoms with Crippen molar-refractivity contribution in [3.05, 3.63) is 47.5 Å². The number of rotatable bonds is 14. The smallest absolute Gasteiger partial charge is 0.206 e. The van der Waals surface area contributed by atoms with Gasteiger partial charge in [-0.05, 0) is 47.5 Å². The van der Waals surface area contributed by atoms with Gasteiger partial charge in [-0.15, -0.1) is 0 Å². The summed E-state index contributed by atoms with van der Waals surface area (Å²) in [5.41, 5.74) is 1.39. The molecule has 0 radical (unpaired) electrons. The van der Waals surface area contributed by atoms with Crippen molar-refractivity contribution in [2.24, 2.45) is 0 Å². The monoisotopic (exact) mass is 474 g/mol. The van der Waals surface area contributed by atoms with Crippen LogP contribution in [0.1, 0.15) is 11.1 Å². The minimum Gasteiger partial charge on any atom is -0.493 e. The van der Waals surface area contributed by atoms with E-state index in [1.165, 1.54) is 54.8 Å². The van der Waals surface area contributed by atoms with Crippen LogP contribution in [0.15, 0.2) is 36.4 Å². The molecule has 0 atom stereocenters. The number of hydrogen-bond donors (Lipinski definition) is 0. The van der Waals surface area contributed by atoms with E-state index in [1.54, 1.807) is 36.4 Å². The number of carbonyl (C=O) groups excluding carboxylic acids is 1. The lowest BCUT2D eigenvalue weighted by atomic mass is 10.1. The first kappa shape index (κ1) is 26.6. The molecule has 0 N–H and O–H groups in total. The third-order valence-electron chi connectivity index (χ3n) is 4.49. The highest BCUT2D eigenvalue weighted by Gasteiger charge is 2.15. The second-order valence-corrected chi connectivity index (χ2v) is 6.68. The summed E-state index contributed by atoms with van der Waals surface area (Å²) in [7, 11) is 9.11. The van der Waals surface area contributed by atoms with Crippen LogP contribution in [0.3, 0.4) is 0 Å². The SMILES string of the molecule is COCOc1c(OC)cc(/C=C/C(=O)/C=C/c2cc(OC)c(OCOC)c(OC)c2)cc1OC. The molecule has 0 aliphatic carbocycles. The van der Waals surface area contributed by atoms with Crippen molar-refractivity contribution in [1.29, 1.82) is 0 Å². The molecule has 0 spiro atoms. The van der Waals surface area contributed by atoms with Gasteiger partial charge in [0.2, 0.25) is 11.5 Å². The average Bonchev–Trinajstić information content (AvgIpc) is 2.87. The maximum atomic E-state index is 12.4. The fourth-order valence-corrected chi connectivity index (χ4v) is 2.93. The molecule has 0 saturated heterocycles. The Morgan fingerprint density at radius 1 is 0.618 bits per heavy atom. The molecule has 0 aromatic heterocycles. The molecule has 0 aliphatic heterocycles. The van der Waals surface area contributed by atoms with Crippen molar-refractivity contribution < 1.29 is 42.7 Å². The van der Waals surface area contributed by atoms with E-state index in [0.29, 0.717) is 45.6 Å². The largest absolute Gasteiger partial charge is 0.493 e.